The third-order valence-corrected chi connectivity index (χ3v) is 5.14. The van der Waals surface area contributed by atoms with Gasteiger partial charge in [-0.3, -0.25) is 4.79 Å². The van der Waals surface area contributed by atoms with Gasteiger partial charge >= 0.3 is 0 Å². The molecule has 0 N–H and O–H groups in total. The van der Waals surface area contributed by atoms with Gasteiger partial charge in [0, 0.05) is 48.9 Å². The van der Waals surface area contributed by atoms with Gasteiger partial charge in [0.1, 0.15) is 5.76 Å². The zero-order valence-electron chi connectivity index (χ0n) is 14.3. The van der Waals surface area contributed by atoms with Crippen molar-refractivity contribution in [1.29, 1.82) is 0 Å². The lowest BCUT2D eigenvalue weighted by atomic mass is 10.1. The highest BCUT2D eigenvalue weighted by Gasteiger charge is 2.31. The molecule has 2 aromatic heterocycles. The van der Waals surface area contributed by atoms with Crippen LogP contribution in [0.3, 0.4) is 0 Å². The Hall–Kier alpha value is -2.96. The summed E-state index contributed by atoms with van der Waals surface area (Å²) >= 11 is 0. The molecular formula is C19H19N5O2. The standard InChI is InChI=1S/C19H19N5O2/c25-19(16-11-17(26-22-16)13-5-6-13)24-9-7-23(8-10-24)18-15-4-2-1-3-14(15)12-20-21-18/h1-4,11-13H,5-10H2. The van der Waals surface area contributed by atoms with Crippen molar-refractivity contribution in [2.75, 3.05) is 31.1 Å². The second-order valence-electron chi connectivity index (χ2n) is 6.92. The number of fused-ring (bicyclic) bond motifs is 1. The average Bonchev–Trinajstić information content (AvgIpc) is 3.44. The lowest BCUT2D eigenvalue weighted by Crippen LogP contribution is -2.49. The summed E-state index contributed by atoms with van der Waals surface area (Å²) < 4.78 is 5.31. The van der Waals surface area contributed by atoms with Crippen LogP contribution >= 0.6 is 0 Å². The van der Waals surface area contributed by atoms with E-state index < -0.39 is 0 Å². The summed E-state index contributed by atoms with van der Waals surface area (Å²) in [5, 5.41) is 14.6. The van der Waals surface area contributed by atoms with Crippen LogP contribution in [0.25, 0.3) is 10.8 Å². The molecule has 0 unspecified atom stereocenters. The number of carbonyl (C=O) groups is 1. The summed E-state index contributed by atoms with van der Waals surface area (Å²) in [5.41, 5.74) is 0.422. The fraction of sp³-hybridized carbons (Fsp3) is 0.368. The maximum atomic E-state index is 12.7. The molecule has 0 atom stereocenters. The Labute approximate surface area is 150 Å². The van der Waals surface area contributed by atoms with Crippen molar-refractivity contribution in [2.45, 2.75) is 18.8 Å². The Morgan fingerprint density at radius 2 is 1.92 bits per heavy atom. The number of piperazine rings is 1. The zero-order chi connectivity index (χ0) is 17.5. The van der Waals surface area contributed by atoms with Crippen LogP contribution in [-0.4, -0.2) is 52.3 Å². The Morgan fingerprint density at radius 3 is 2.73 bits per heavy atom. The Kier molecular flexibility index (Phi) is 3.58. The first-order valence-electron chi connectivity index (χ1n) is 9.01. The molecule has 1 aromatic carbocycles. The number of anilines is 1. The molecule has 7 nitrogen and oxygen atoms in total. The molecule has 1 saturated heterocycles. The van der Waals surface area contributed by atoms with Crippen LogP contribution in [0.15, 0.2) is 41.1 Å². The first kappa shape index (κ1) is 15.3. The van der Waals surface area contributed by atoms with Crippen LogP contribution in [0.2, 0.25) is 0 Å². The molecule has 132 valence electrons. The summed E-state index contributed by atoms with van der Waals surface area (Å²) in [6.07, 6.45) is 4.04. The topological polar surface area (TPSA) is 75.4 Å². The van der Waals surface area contributed by atoms with Crippen LogP contribution in [0, 0.1) is 0 Å². The number of hydrogen-bond acceptors (Lipinski definition) is 6. The molecule has 1 aliphatic heterocycles. The maximum Gasteiger partial charge on any atom is 0.276 e. The van der Waals surface area contributed by atoms with Crippen LogP contribution in [0.5, 0.6) is 0 Å². The van der Waals surface area contributed by atoms with E-state index in [2.05, 4.69) is 26.3 Å². The van der Waals surface area contributed by atoms with E-state index in [0.29, 0.717) is 24.7 Å². The van der Waals surface area contributed by atoms with Gasteiger partial charge in [0.05, 0.1) is 6.20 Å². The molecule has 5 rings (SSSR count). The summed E-state index contributed by atoms with van der Waals surface area (Å²) in [7, 11) is 0. The molecule has 0 bridgehead atoms. The van der Waals surface area contributed by atoms with E-state index in [9.17, 15) is 4.79 Å². The monoisotopic (exact) mass is 349 g/mol. The SMILES string of the molecule is O=C(c1cc(C2CC2)on1)N1CCN(c2nncc3ccccc23)CC1. The highest BCUT2D eigenvalue weighted by atomic mass is 16.5. The van der Waals surface area contributed by atoms with Crippen LogP contribution in [-0.2, 0) is 0 Å². The van der Waals surface area contributed by atoms with E-state index in [0.717, 1.165) is 48.3 Å². The lowest BCUT2D eigenvalue weighted by Gasteiger charge is -2.35. The van der Waals surface area contributed by atoms with E-state index >= 15 is 0 Å². The Balaban J connectivity index is 1.30. The fourth-order valence-electron chi connectivity index (χ4n) is 3.48. The van der Waals surface area contributed by atoms with Gasteiger partial charge in [0.25, 0.3) is 5.91 Å². The van der Waals surface area contributed by atoms with Crippen molar-refractivity contribution in [3.05, 3.63) is 48.0 Å². The molecule has 1 amide bonds. The predicted molar refractivity (Wildman–Crippen MR) is 96.1 cm³/mol. The van der Waals surface area contributed by atoms with Gasteiger partial charge in [-0.1, -0.05) is 29.4 Å². The summed E-state index contributed by atoms with van der Waals surface area (Å²) in [4.78, 5) is 16.7. The molecule has 2 fully saturated rings. The maximum absolute atomic E-state index is 12.7. The largest absolute Gasteiger partial charge is 0.360 e. The van der Waals surface area contributed by atoms with Crippen LogP contribution in [0.1, 0.15) is 35.0 Å². The number of rotatable bonds is 3. The molecule has 1 saturated carbocycles. The molecular weight excluding hydrogens is 330 g/mol. The Morgan fingerprint density at radius 1 is 1.12 bits per heavy atom. The third kappa shape index (κ3) is 2.69. The number of nitrogens with zero attached hydrogens (tertiary/aromatic N) is 5. The molecule has 7 heteroatoms. The molecule has 3 aromatic rings. The molecule has 2 aliphatic rings. The predicted octanol–water partition coefficient (Wildman–Crippen LogP) is 2.46. The number of hydrogen-bond donors (Lipinski definition) is 0. The smallest absolute Gasteiger partial charge is 0.276 e. The van der Waals surface area contributed by atoms with Gasteiger partial charge in [0.15, 0.2) is 11.5 Å². The number of amides is 1. The van der Waals surface area contributed by atoms with Crippen LogP contribution in [0.4, 0.5) is 5.82 Å². The quantitative estimate of drug-likeness (QED) is 0.723. The van der Waals surface area contributed by atoms with Gasteiger partial charge in [0.2, 0.25) is 0 Å². The van der Waals surface area contributed by atoms with E-state index in [-0.39, 0.29) is 5.91 Å². The van der Waals surface area contributed by atoms with Gasteiger partial charge in [-0.15, -0.1) is 5.10 Å². The van der Waals surface area contributed by atoms with Crippen LogP contribution < -0.4 is 4.90 Å². The summed E-state index contributed by atoms with van der Waals surface area (Å²) in [6.45, 7) is 2.72. The minimum absolute atomic E-state index is 0.0516. The minimum atomic E-state index is -0.0516. The van der Waals surface area contributed by atoms with Crippen molar-refractivity contribution >= 4 is 22.5 Å². The zero-order valence-corrected chi connectivity index (χ0v) is 14.3. The second kappa shape index (κ2) is 6.09. The first-order valence-corrected chi connectivity index (χ1v) is 9.01. The summed E-state index contributed by atoms with van der Waals surface area (Å²) in [5.74, 6) is 2.14. The summed E-state index contributed by atoms with van der Waals surface area (Å²) in [6, 6.07) is 9.91. The van der Waals surface area contributed by atoms with Gasteiger partial charge in [-0.05, 0) is 12.8 Å². The van der Waals surface area contributed by atoms with Crippen molar-refractivity contribution < 1.29 is 9.32 Å². The van der Waals surface area contributed by atoms with Crippen molar-refractivity contribution in [2.24, 2.45) is 0 Å². The van der Waals surface area contributed by atoms with E-state index in [1.54, 1.807) is 6.20 Å². The highest BCUT2D eigenvalue weighted by Crippen LogP contribution is 2.40. The molecule has 26 heavy (non-hydrogen) atoms. The molecule has 1 aliphatic carbocycles. The van der Waals surface area contributed by atoms with Gasteiger partial charge in [-0.25, -0.2) is 0 Å². The van der Waals surface area contributed by atoms with Gasteiger partial charge < -0.3 is 14.3 Å². The van der Waals surface area contributed by atoms with Crippen molar-refractivity contribution in [3.63, 3.8) is 0 Å². The number of carbonyl (C=O) groups excluding carboxylic acids is 1. The average molecular weight is 349 g/mol. The van der Waals surface area contributed by atoms with E-state index in [1.165, 1.54) is 0 Å². The van der Waals surface area contributed by atoms with Crippen molar-refractivity contribution in [1.82, 2.24) is 20.3 Å². The molecule has 0 spiro atoms. The fourth-order valence-corrected chi connectivity index (χ4v) is 3.48. The van der Waals surface area contributed by atoms with Crippen molar-refractivity contribution in [3.8, 4) is 0 Å². The minimum Gasteiger partial charge on any atom is -0.360 e. The number of aromatic nitrogens is 3. The van der Waals surface area contributed by atoms with Gasteiger partial charge in [-0.2, -0.15) is 5.10 Å². The van der Waals surface area contributed by atoms with E-state index in [1.807, 2.05) is 29.2 Å². The lowest BCUT2D eigenvalue weighted by molar-refractivity contribution is 0.0736. The third-order valence-electron chi connectivity index (χ3n) is 5.14. The molecule has 0 radical (unpaired) electrons. The normalized spacial score (nSPS) is 17.7. The Bertz CT molecular complexity index is 952. The second-order valence-corrected chi connectivity index (χ2v) is 6.92. The highest BCUT2D eigenvalue weighted by molar-refractivity contribution is 5.93. The van der Waals surface area contributed by atoms with E-state index in [4.69, 9.17) is 4.52 Å². The molecule has 3 heterocycles. The first-order chi connectivity index (χ1) is 12.8. The number of benzene rings is 1.